The van der Waals surface area contributed by atoms with E-state index in [0.29, 0.717) is 24.7 Å². The Morgan fingerprint density at radius 3 is 2.83 bits per heavy atom. The maximum atomic E-state index is 12.1. The number of alkyl halides is 1. The number of aryl methyl sites for hydroxylation is 2. The van der Waals surface area contributed by atoms with Crippen molar-refractivity contribution in [3.8, 4) is 0 Å². The van der Waals surface area contributed by atoms with Crippen LogP contribution in [-0.4, -0.2) is 41.3 Å². The van der Waals surface area contributed by atoms with Gasteiger partial charge in [-0.25, -0.2) is 0 Å². The van der Waals surface area contributed by atoms with Gasteiger partial charge in [-0.3, -0.25) is 9.48 Å². The zero-order valence-electron chi connectivity index (χ0n) is 11.1. The average molecular weight is 274 g/mol. The molecule has 0 aliphatic rings. The number of nitrogens with zero attached hydrogens (tertiary/aromatic N) is 2. The smallest absolute Gasteiger partial charge is 0.269 e. The standard InChI is InChI=1S/C12H20ClN3O2/c1-4-9-6-11(16(5-2)15-9)12(17)14-10(7-13)8-18-3/h6,10H,4-5,7-8H2,1-3H3,(H,14,17). The topological polar surface area (TPSA) is 56.1 Å². The highest BCUT2D eigenvalue weighted by Crippen LogP contribution is 2.06. The molecule has 1 N–H and O–H groups in total. The summed E-state index contributed by atoms with van der Waals surface area (Å²) in [4.78, 5) is 12.1. The van der Waals surface area contributed by atoms with Crippen molar-refractivity contribution in [3.05, 3.63) is 17.5 Å². The van der Waals surface area contributed by atoms with Gasteiger partial charge < -0.3 is 10.1 Å². The number of rotatable bonds is 7. The number of carbonyl (C=O) groups is 1. The van der Waals surface area contributed by atoms with Gasteiger partial charge in [-0.2, -0.15) is 5.10 Å². The molecule has 0 radical (unpaired) electrons. The van der Waals surface area contributed by atoms with Crippen LogP contribution in [0.2, 0.25) is 0 Å². The summed E-state index contributed by atoms with van der Waals surface area (Å²) in [5.41, 5.74) is 1.48. The van der Waals surface area contributed by atoms with E-state index in [2.05, 4.69) is 10.4 Å². The first-order valence-electron chi connectivity index (χ1n) is 6.08. The van der Waals surface area contributed by atoms with Crippen LogP contribution in [0.1, 0.15) is 30.0 Å². The fourth-order valence-corrected chi connectivity index (χ4v) is 1.82. The van der Waals surface area contributed by atoms with Gasteiger partial charge in [0.2, 0.25) is 0 Å². The quantitative estimate of drug-likeness (QED) is 0.765. The summed E-state index contributed by atoms with van der Waals surface area (Å²) in [5.74, 6) is 0.160. The van der Waals surface area contributed by atoms with Crippen LogP contribution in [0.15, 0.2) is 6.07 Å². The van der Waals surface area contributed by atoms with Crippen LogP contribution in [0.5, 0.6) is 0 Å². The van der Waals surface area contributed by atoms with Crippen LogP contribution >= 0.6 is 11.6 Å². The van der Waals surface area contributed by atoms with Crippen molar-refractivity contribution < 1.29 is 9.53 Å². The molecule has 1 atom stereocenters. The number of carbonyl (C=O) groups excluding carboxylic acids is 1. The number of halogens is 1. The molecule has 1 aromatic heterocycles. The van der Waals surface area contributed by atoms with Gasteiger partial charge in [-0.05, 0) is 19.4 Å². The maximum absolute atomic E-state index is 12.1. The molecule has 0 aliphatic carbocycles. The summed E-state index contributed by atoms with van der Waals surface area (Å²) < 4.78 is 6.69. The molecule has 0 spiro atoms. The van der Waals surface area contributed by atoms with Crippen molar-refractivity contribution in [1.29, 1.82) is 0 Å². The summed E-state index contributed by atoms with van der Waals surface area (Å²) in [6.45, 7) is 5.03. The molecule has 0 saturated carbocycles. The van der Waals surface area contributed by atoms with Crippen molar-refractivity contribution in [2.24, 2.45) is 0 Å². The molecule has 1 aromatic rings. The van der Waals surface area contributed by atoms with Gasteiger partial charge in [-0.1, -0.05) is 6.92 Å². The predicted molar refractivity (Wildman–Crippen MR) is 71.1 cm³/mol. The van der Waals surface area contributed by atoms with Crippen LogP contribution < -0.4 is 5.32 Å². The van der Waals surface area contributed by atoms with Gasteiger partial charge in [0.1, 0.15) is 5.69 Å². The number of methoxy groups -OCH3 is 1. The van der Waals surface area contributed by atoms with E-state index in [1.807, 2.05) is 19.9 Å². The number of aromatic nitrogens is 2. The fraction of sp³-hybridized carbons (Fsp3) is 0.667. The molecular formula is C12H20ClN3O2. The van der Waals surface area contributed by atoms with E-state index in [1.165, 1.54) is 0 Å². The van der Waals surface area contributed by atoms with Crippen molar-refractivity contribution in [3.63, 3.8) is 0 Å². The third-order valence-corrected chi connectivity index (χ3v) is 2.99. The molecule has 1 amide bonds. The highest BCUT2D eigenvalue weighted by molar-refractivity contribution is 6.18. The molecule has 1 heterocycles. The van der Waals surface area contributed by atoms with Crippen LogP contribution in [0.4, 0.5) is 0 Å². The molecule has 1 rings (SSSR count). The lowest BCUT2D eigenvalue weighted by atomic mass is 10.2. The average Bonchev–Trinajstić information content (AvgIpc) is 2.81. The van der Waals surface area contributed by atoms with Crippen LogP contribution in [0, 0.1) is 0 Å². The Morgan fingerprint density at radius 2 is 2.33 bits per heavy atom. The lowest BCUT2D eigenvalue weighted by molar-refractivity contribution is 0.0896. The van der Waals surface area contributed by atoms with E-state index in [0.717, 1.165) is 12.1 Å². The summed E-state index contributed by atoms with van der Waals surface area (Å²) >= 11 is 5.77. The Labute approximate surface area is 112 Å². The SMILES string of the molecule is CCc1cc(C(=O)NC(CCl)COC)n(CC)n1. The third-order valence-electron chi connectivity index (χ3n) is 2.61. The Kier molecular flexibility index (Phi) is 6.15. The van der Waals surface area contributed by atoms with E-state index < -0.39 is 0 Å². The van der Waals surface area contributed by atoms with E-state index >= 15 is 0 Å². The highest BCUT2D eigenvalue weighted by atomic mass is 35.5. The zero-order valence-corrected chi connectivity index (χ0v) is 11.8. The largest absolute Gasteiger partial charge is 0.383 e. The number of nitrogens with one attached hydrogen (secondary N) is 1. The zero-order chi connectivity index (χ0) is 13.5. The van der Waals surface area contributed by atoms with E-state index in [1.54, 1.807) is 11.8 Å². The third kappa shape index (κ3) is 3.71. The molecule has 6 heteroatoms. The Balaban J connectivity index is 2.79. The monoisotopic (exact) mass is 273 g/mol. The molecule has 0 bridgehead atoms. The Hall–Kier alpha value is -1.07. The molecule has 5 nitrogen and oxygen atoms in total. The summed E-state index contributed by atoms with van der Waals surface area (Å²) in [7, 11) is 1.58. The summed E-state index contributed by atoms with van der Waals surface area (Å²) in [6, 6.07) is 1.63. The van der Waals surface area contributed by atoms with Gasteiger partial charge >= 0.3 is 0 Å². The summed E-state index contributed by atoms with van der Waals surface area (Å²) in [6.07, 6.45) is 0.810. The number of hydrogen-bond donors (Lipinski definition) is 1. The Morgan fingerprint density at radius 1 is 1.61 bits per heavy atom. The fourth-order valence-electron chi connectivity index (χ4n) is 1.65. The van der Waals surface area contributed by atoms with E-state index in [9.17, 15) is 4.79 Å². The van der Waals surface area contributed by atoms with Crippen molar-refractivity contribution in [2.75, 3.05) is 19.6 Å². The van der Waals surface area contributed by atoms with Gasteiger partial charge in [0, 0.05) is 19.5 Å². The molecule has 18 heavy (non-hydrogen) atoms. The maximum Gasteiger partial charge on any atom is 0.269 e. The molecule has 0 aromatic carbocycles. The number of amides is 1. The second-order valence-electron chi connectivity index (χ2n) is 3.97. The van der Waals surface area contributed by atoms with Crippen molar-refractivity contribution >= 4 is 17.5 Å². The predicted octanol–water partition coefficient (Wildman–Crippen LogP) is 1.45. The van der Waals surface area contributed by atoms with Crippen LogP contribution in [0.25, 0.3) is 0 Å². The van der Waals surface area contributed by atoms with Crippen LogP contribution in [-0.2, 0) is 17.7 Å². The van der Waals surface area contributed by atoms with Gasteiger partial charge in [0.05, 0.1) is 18.3 Å². The number of ether oxygens (including phenoxy) is 1. The van der Waals surface area contributed by atoms with Crippen molar-refractivity contribution in [1.82, 2.24) is 15.1 Å². The minimum atomic E-state index is -0.186. The van der Waals surface area contributed by atoms with Gasteiger partial charge in [-0.15, -0.1) is 11.6 Å². The van der Waals surface area contributed by atoms with Crippen LogP contribution in [0.3, 0.4) is 0 Å². The van der Waals surface area contributed by atoms with Gasteiger partial charge in [0.25, 0.3) is 5.91 Å². The minimum Gasteiger partial charge on any atom is -0.383 e. The molecule has 0 aliphatic heterocycles. The molecule has 102 valence electrons. The first kappa shape index (κ1) is 15.0. The number of hydrogen-bond acceptors (Lipinski definition) is 3. The second kappa shape index (κ2) is 7.38. The first-order chi connectivity index (χ1) is 8.65. The minimum absolute atomic E-state index is 0.160. The molecule has 0 fully saturated rings. The van der Waals surface area contributed by atoms with E-state index in [-0.39, 0.29) is 11.9 Å². The van der Waals surface area contributed by atoms with Crippen molar-refractivity contribution in [2.45, 2.75) is 32.9 Å². The second-order valence-corrected chi connectivity index (χ2v) is 4.28. The molecule has 1 unspecified atom stereocenters. The molecular weight excluding hydrogens is 254 g/mol. The highest BCUT2D eigenvalue weighted by Gasteiger charge is 2.17. The van der Waals surface area contributed by atoms with E-state index in [4.69, 9.17) is 16.3 Å². The normalized spacial score (nSPS) is 12.4. The summed E-state index contributed by atoms with van der Waals surface area (Å²) in [5, 5.41) is 7.18. The van der Waals surface area contributed by atoms with Gasteiger partial charge in [0.15, 0.2) is 0 Å². The molecule has 0 saturated heterocycles. The lowest BCUT2D eigenvalue weighted by Crippen LogP contribution is -2.40. The lowest BCUT2D eigenvalue weighted by Gasteiger charge is -2.15. The Bertz CT molecular complexity index is 393. The first-order valence-corrected chi connectivity index (χ1v) is 6.62.